The van der Waals surface area contributed by atoms with Crippen molar-refractivity contribution in [1.29, 1.82) is 0 Å². The molecule has 35 heavy (non-hydrogen) atoms. The first-order valence-corrected chi connectivity index (χ1v) is 11.0. The van der Waals surface area contributed by atoms with E-state index in [0.717, 1.165) is 12.1 Å². The molecule has 0 radical (unpaired) electrons. The number of benzene rings is 3. The molecule has 0 saturated carbocycles. The predicted molar refractivity (Wildman–Crippen MR) is 123 cm³/mol. The van der Waals surface area contributed by atoms with Crippen molar-refractivity contribution in [3.05, 3.63) is 81.1 Å². The number of carbonyl (C=O) groups excluding carboxylic acids is 2. The van der Waals surface area contributed by atoms with Crippen LogP contribution in [0.25, 0.3) is 10.8 Å². The first-order valence-electron chi connectivity index (χ1n) is 10.2. The molecule has 1 amide bonds. The number of rotatable bonds is 5. The Kier molecular flexibility index (Phi) is 6.50. The van der Waals surface area contributed by atoms with Gasteiger partial charge in [-0.05, 0) is 35.9 Å². The monoisotopic (exact) mass is 526 g/mol. The molecule has 0 aromatic heterocycles. The van der Waals surface area contributed by atoms with E-state index in [1.165, 1.54) is 19.1 Å². The highest BCUT2D eigenvalue weighted by Crippen LogP contribution is 2.50. The molecule has 1 atom stereocenters. The van der Waals surface area contributed by atoms with Crippen LogP contribution in [-0.2, 0) is 15.2 Å². The summed E-state index contributed by atoms with van der Waals surface area (Å²) in [7, 11) is 0. The molecule has 11 heteroatoms. The minimum Gasteiger partial charge on any atom is -0.374 e. The van der Waals surface area contributed by atoms with E-state index in [1.807, 2.05) is 0 Å². The highest BCUT2D eigenvalue weighted by molar-refractivity contribution is 6.35. The third-order valence-corrected chi connectivity index (χ3v) is 6.16. The van der Waals surface area contributed by atoms with E-state index in [0.29, 0.717) is 16.3 Å². The van der Waals surface area contributed by atoms with Gasteiger partial charge >= 0.3 is 6.18 Å². The first-order chi connectivity index (χ1) is 16.4. The zero-order valence-corrected chi connectivity index (χ0v) is 19.5. The summed E-state index contributed by atoms with van der Waals surface area (Å²) in [6.07, 6.45) is -5.69. The number of halogens is 6. The molecule has 5 nitrogen and oxygen atoms in total. The molecule has 0 bridgehead atoms. The van der Waals surface area contributed by atoms with E-state index in [-0.39, 0.29) is 23.6 Å². The van der Waals surface area contributed by atoms with Crippen molar-refractivity contribution in [1.82, 2.24) is 5.32 Å². The number of amides is 1. The quantitative estimate of drug-likeness (QED) is 0.318. The van der Waals surface area contributed by atoms with E-state index >= 15 is 0 Å². The van der Waals surface area contributed by atoms with Crippen LogP contribution in [0.15, 0.2) is 53.7 Å². The van der Waals surface area contributed by atoms with Crippen LogP contribution in [0.1, 0.15) is 34.8 Å². The molecule has 1 aliphatic heterocycles. The molecule has 0 fully saturated rings. The number of Topliss-reactive ketones (excluding diaryl/α,β-unsaturated/α-hetero) is 1. The van der Waals surface area contributed by atoms with Gasteiger partial charge in [0.15, 0.2) is 5.82 Å². The Morgan fingerprint density at radius 1 is 1.09 bits per heavy atom. The van der Waals surface area contributed by atoms with Crippen LogP contribution in [0.4, 0.5) is 17.6 Å². The number of carbonyl (C=O) groups is 2. The van der Waals surface area contributed by atoms with E-state index in [1.54, 1.807) is 24.3 Å². The smallest absolute Gasteiger partial charge is 0.374 e. The molecular weight excluding hydrogens is 511 g/mol. The predicted octanol–water partition coefficient (Wildman–Crippen LogP) is 6.19. The van der Waals surface area contributed by atoms with Crippen LogP contribution in [0.2, 0.25) is 10.0 Å². The van der Waals surface area contributed by atoms with Crippen LogP contribution in [0.5, 0.6) is 0 Å². The molecular formula is C24H16Cl2F4N2O3. The Morgan fingerprint density at radius 2 is 1.71 bits per heavy atom. The van der Waals surface area contributed by atoms with E-state index in [2.05, 4.69) is 10.5 Å². The molecule has 0 spiro atoms. The summed E-state index contributed by atoms with van der Waals surface area (Å²) in [5, 5.41) is 5.98. The molecule has 0 saturated heterocycles. The summed E-state index contributed by atoms with van der Waals surface area (Å²) in [5.41, 5.74) is -2.92. The standard InChI is InChI=1S/C24H16Cl2F4N2O3/c1-12(33)11-31-22(34)17-7-6-16(14-4-2-3-5-15(14)17)20-10-23(35-32-20,24(28,29)30)13-8-18(25)21(27)19(26)9-13/h2-9H,10-11H2,1H3,(H,31,34). The zero-order valence-electron chi connectivity index (χ0n) is 18.0. The molecule has 3 aromatic rings. The van der Waals surface area contributed by atoms with Crippen LogP contribution >= 0.6 is 23.2 Å². The molecule has 1 N–H and O–H groups in total. The number of ketones is 1. The lowest BCUT2D eigenvalue weighted by molar-refractivity contribution is -0.275. The minimum absolute atomic E-state index is 0.0363. The molecule has 1 unspecified atom stereocenters. The lowest BCUT2D eigenvalue weighted by Gasteiger charge is -2.29. The number of hydrogen-bond acceptors (Lipinski definition) is 4. The van der Waals surface area contributed by atoms with Crippen LogP contribution in [0, 0.1) is 5.82 Å². The summed E-state index contributed by atoms with van der Waals surface area (Å²) >= 11 is 11.5. The van der Waals surface area contributed by atoms with Gasteiger partial charge in [0.1, 0.15) is 5.78 Å². The summed E-state index contributed by atoms with van der Waals surface area (Å²) in [6.45, 7) is 1.17. The van der Waals surface area contributed by atoms with Crippen LogP contribution in [-0.4, -0.2) is 30.1 Å². The lowest BCUT2D eigenvalue weighted by Crippen LogP contribution is -2.42. The third-order valence-electron chi connectivity index (χ3n) is 5.61. The molecule has 0 aliphatic carbocycles. The van der Waals surface area contributed by atoms with Crippen LogP contribution in [0.3, 0.4) is 0 Å². The van der Waals surface area contributed by atoms with E-state index in [9.17, 15) is 27.2 Å². The Bertz CT molecular complexity index is 1370. The second-order valence-electron chi connectivity index (χ2n) is 7.98. The van der Waals surface area contributed by atoms with Crippen molar-refractivity contribution >= 4 is 51.4 Å². The van der Waals surface area contributed by atoms with Gasteiger partial charge in [0.05, 0.1) is 22.3 Å². The zero-order chi connectivity index (χ0) is 25.5. The van der Waals surface area contributed by atoms with Gasteiger partial charge in [-0.3, -0.25) is 9.59 Å². The van der Waals surface area contributed by atoms with E-state index < -0.39 is 45.5 Å². The summed E-state index contributed by atoms with van der Waals surface area (Å²) in [5.74, 6) is -1.78. The van der Waals surface area contributed by atoms with Gasteiger partial charge in [0.2, 0.25) is 0 Å². The van der Waals surface area contributed by atoms with Crippen LogP contribution < -0.4 is 5.32 Å². The normalized spacial score (nSPS) is 17.7. The van der Waals surface area contributed by atoms with Gasteiger partial charge in [-0.25, -0.2) is 4.39 Å². The van der Waals surface area contributed by atoms with Crippen molar-refractivity contribution in [3.8, 4) is 0 Å². The average molecular weight is 527 g/mol. The van der Waals surface area contributed by atoms with Gasteiger partial charge in [-0.15, -0.1) is 0 Å². The van der Waals surface area contributed by atoms with Gasteiger partial charge in [-0.1, -0.05) is 58.7 Å². The SMILES string of the molecule is CC(=O)CNC(=O)c1ccc(C2=NOC(c3cc(Cl)c(F)c(Cl)c3)(C(F)(F)F)C2)c2ccccc12. The van der Waals surface area contributed by atoms with Gasteiger partial charge in [0, 0.05) is 23.1 Å². The van der Waals surface area contributed by atoms with Crippen molar-refractivity contribution < 1.29 is 32.0 Å². The number of nitrogens with zero attached hydrogens (tertiary/aromatic N) is 1. The Balaban J connectivity index is 1.77. The summed E-state index contributed by atoms with van der Waals surface area (Å²) < 4.78 is 56.9. The maximum Gasteiger partial charge on any atom is 0.435 e. The highest BCUT2D eigenvalue weighted by Gasteiger charge is 2.62. The fourth-order valence-corrected chi connectivity index (χ4v) is 4.37. The van der Waals surface area contributed by atoms with Crippen molar-refractivity contribution in [3.63, 3.8) is 0 Å². The van der Waals surface area contributed by atoms with Gasteiger partial charge in [0.25, 0.3) is 11.5 Å². The second-order valence-corrected chi connectivity index (χ2v) is 8.79. The fraction of sp³-hybridized carbons (Fsp3) is 0.208. The topological polar surface area (TPSA) is 67.8 Å². The average Bonchev–Trinajstić information content (AvgIpc) is 3.26. The Morgan fingerprint density at radius 3 is 2.31 bits per heavy atom. The summed E-state index contributed by atoms with van der Waals surface area (Å²) in [4.78, 5) is 28.8. The Hall–Kier alpha value is -3.17. The number of alkyl halides is 3. The largest absolute Gasteiger partial charge is 0.435 e. The number of nitrogens with one attached hydrogen (secondary N) is 1. The Labute approximate surface area is 206 Å². The van der Waals surface area contributed by atoms with E-state index in [4.69, 9.17) is 28.0 Å². The van der Waals surface area contributed by atoms with Crippen molar-refractivity contribution in [2.75, 3.05) is 6.54 Å². The number of hydrogen-bond donors (Lipinski definition) is 1. The maximum absolute atomic E-state index is 14.3. The minimum atomic E-state index is -4.95. The van der Waals surface area contributed by atoms with Gasteiger partial charge in [-0.2, -0.15) is 13.2 Å². The molecule has 1 heterocycles. The number of fused-ring (bicyclic) bond motifs is 1. The van der Waals surface area contributed by atoms with Crippen molar-refractivity contribution in [2.24, 2.45) is 5.16 Å². The van der Waals surface area contributed by atoms with Crippen molar-refractivity contribution in [2.45, 2.75) is 25.1 Å². The lowest BCUT2D eigenvalue weighted by atomic mass is 9.85. The maximum atomic E-state index is 14.3. The second kappa shape index (κ2) is 9.13. The summed E-state index contributed by atoms with van der Waals surface area (Å²) in [6, 6.07) is 11.1. The third kappa shape index (κ3) is 4.46. The molecule has 182 valence electrons. The molecule has 1 aliphatic rings. The fourth-order valence-electron chi connectivity index (χ4n) is 3.89. The van der Waals surface area contributed by atoms with Gasteiger partial charge < -0.3 is 10.2 Å². The molecule has 4 rings (SSSR count). The number of oxime groups is 1. The first kappa shape index (κ1) is 24.9. The highest BCUT2D eigenvalue weighted by atomic mass is 35.5. The molecule has 3 aromatic carbocycles.